The van der Waals surface area contributed by atoms with Crippen LogP contribution in [0.4, 0.5) is 0 Å². The molecule has 1 saturated heterocycles. The van der Waals surface area contributed by atoms with E-state index in [1.165, 1.54) is 6.92 Å². The Morgan fingerprint density at radius 1 is 1.39 bits per heavy atom. The molecule has 3 N–H and O–H groups in total. The second kappa shape index (κ2) is 7.33. The quantitative estimate of drug-likeness (QED) is 0.607. The summed E-state index contributed by atoms with van der Waals surface area (Å²) in [5.41, 5.74) is 0. The molecule has 0 aromatic rings. The second-order valence-electron chi connectivity index (χ2n) is 4.91. The van der Waals surface area contributed by atoms with E-state index in [1.807, 2.05) is 0 Å². The van der Waals surface area contributed by atoms with Crippen LogP contribution >= 0.6 is 0 Å². The van der Waals surface area contributed by atoms with Crippen molar-refractivity contribution >= 4 is 11.9 Å². The summed E-state index contributed by atoms with van der Waals surface area (Å²) in [7, 11) is 0. The smallest absolute Gasteiger partial charge is 0.303 e. The molecule has 6 heteroatoms. The average Bonchev–Trinajstić information content (AvgIpc) is 2.25. The van der Waals surface area contributed by atoms with E-state index < -0.39 is 5.97 Å². The van der Waals surface area contributed by atoms with Crippen molar-refractivity contribution in [3.63, 3.8) is 0 Å². The first-order chi connectivity index (χ1) is 8.51. The van der Waals surface area contributed by atoms with Gasteiger partial charge in [-0.15, -0.1) is 0 Å². The van der Waals surface area contributed by atoms with Crippen LogP contribution in [0.25, 0.3) is 0 Å². The topological polar surface area (TPSA) is 89.9 Å². The van der Waals surface area contributed by atoms with E-state index in [1.54, 1.807) is 0 Å². The summed E-state index contributed by atoms with van der Waals surface area (Å²) in [6.07, 6.45) is 1.59. The number of hydrogen-bond acceptors (Lipinski definition) is 4. The maximum Gasteiger partial charge on any atom is 0.303 e. The van der Waals surface area contributed by atoms with Gasteiger partial charge in [0.25, 0.3) is 0 Å². The summed E-state index contributed by atoms with van der Waals surface area (Å²) in [4.78, 5) is 23.7. The van der Waals surface area contributed by atoms with Gasteiger partial charge < -0.3 is 15.5 Å². The van der Waals surface area contributed by atoms with Gasteiger partial charge in [0.15, 0.2) is 0 Å². The Balaban J connectivity index is 2.50. The highest BCUT2D eigenvalue weighted by Crippen LogP contribution is 2.21. The minimum absolute atomic E-state index is 0.0570. The van der Waals surface area contributed by atoms with Gasteiger partial charge in [0.05, 0.1) is 6.61 Å². The fourth-order valence-corrected chi connectivity index (χ4v) is 2.56. The van der Waals surface area contributed by atoms with E-state index in [-0.39, 0.29) is 30.9 Å². The zero-order valence-electron chi connectivity index (χ0n) is 10.8. The summed E-state index contributed by atoms with van der Waals surface area (Å²) in [6.45, 7) is 3.66. The Hall–Kier alpha value is -1.14. The standard InChI is InChI=1S/C12H22N2O4/c1-9(16)13-11-6-10(2-3-12(17)18)7-14(8-11)4-5-15/h10-11,15H,2-8H2,1H3,(H,13,16)(H,17,18). The zero-order valence-corrected chi connectivity index (χ0v) is 10.8. The highest BCUT2D eigenvalue weighted by molar-refractivity contribution is 5.73. The lowest BCUT2D eigenvalue weighted by atomic mass is 9.90. The number of hydrogen-bond donors (Lipinski definition) is 3. The Bertz CT molecular complexity index is 296. The molecule has 1 aliphatic heterocycles. The van der Waals surface area contributed by atoms with Crippen molar-refractivity contribution in [3.8, 4) is 0 Å². The van der Waals surface area contributed by atoms with Gasteiger partial charge in [-0.25, -0.2) is 0 Å². The third kappa shape index (κ3) is 5.46. The first-order valence-electron chi connectivity index (χ1n) is 6.33. The van der Waals surface area contributed by atoms with Crippen molar-refractivity contribution in [2.75, 3.05) is 26.2 Å². The van der Waals surface area contributed by atoms with Crippen LogP contribution < -0.4 is 5.32 Å². The number of piperidine rings is 1. The molecule has 0 spiro atoms. The average molecular weight is 258 g/mol. The number of nitrogens with zero attached hydrogens (tertiary/aromatic N) is 1. The van der Waals surface area contributed by atoms with Gasteiger partial charge in [-0.1, -0.05) is 0 Å². The number of aliphatic hydroxyl groups excluding tert-OH is 1. The molecule has 1 amide bonds. The number of aliphatic carboxylic acids is 1. The van der Waals surface area contributed by atoms with Gasteiger partial charge >= 0.3 is 5.97 Å². The maximum atomic E-state index is 11.1. The zero-order chi connectivity index (χ0) is 13.5. The molecule has 0 saturated carbocycles. The SMILES string of the molecule is CC(=O)NC1CC(CCC(=O)O)CN(CCO)C1. The Morgan fingerprint density at radius 3 is 2.67 bits per heavy atom. The van der Waals surface area contributed by atoms with E-state index >= 15 is 0 Å². The van der Waals surface area contributed by atoms with Crippen LogP contribution in [0.1, 0.15) is 26.2 Å². The number of carbonyl (C=O) groups excluding carboxylic acids is 1. The molecule has 1 fully saturated rings. The number of carboxylic acids is 1. The molecule has 1 rings (SSSR count). The highest BCUT2D eigenvalue weighted by atomic mass is 16.4. The molecule has 0 aromatic heterocycles. The third-order valence-electron chi connectivity index (χ3n) is 3.20. The lowest BCUT2D eigenvalue weighted by molar-refractivity contribution is -0.137. The Morgan fingerprint density at radius 2 is 2.11 bits per heavy atom. The fourth-order valence-electron chi connectivity index (χ4n) is 2.56. The Kier molecular flexibility index (Phi) is 6.07. The minimum atomic E-state index is -0.787. The normalized spacial score (nSPS) is 24.8. The van der Waals surface area contributed by atoms with Crippen LogP contribution in [0.3, 0.4) is 0 Å². The molecule has 6 nitrogen and oxygen atoms in total. The van der Waals surface area contributed by atoms with Crippen molar-refractivity contribution in [1.82, 2.24) is 10.2 Å². The van der Waals surface area contributed by atoms with Gasteiger partial charge in [0.2, 0.25) is 5.91 Å². The molecule has 1 aliphatic rings. The van der Waals surface area contributed by atoms with Crippen molar-refractivity contribution in [3.05, 3.63) is 0 Å². The Labute approximate surface area is 107 Å². The number of amides is 1. The van der Waals surface area contributed by atoms with Crippen LogP contribution in [0.15, 0.2) is 0 Å². The first kappa shape index (κ1) is 14.9. The van der Waals surface area contributed by atoms with Crippen LogP contribution in [0, 0.1) is 5.92 Å². The molecular weight excluding hydrogens is 236 g/mol. The van der Waals surface area contributed by atoms with E-state index in [0.717, 1.165) is 19.5 Å². The molecular formula is C12H22N2O4. The molecule has 0 bridgehead atoms. The summed E-state index contributed by atoms with van der Waals surface area (Å²) in [5.74, 6) is -0.591. The molecule has 104 valence electrons. The lowest BCUT2D eigenvalue weighted by Gasteiger charge is -2.37. The second-order valence-corrected chi connectivity index (χ2v) is 4.91. The summed E-state index contributed by atoms with van der Waals surface area (Å²) < 4.78 is 0. The number of nitrogens with one attached hydrogen (secondary N) is 1. The van der Waals surface area contributed by atoms with E-state index in [9.17, 15) is 9.59 Å². The van der Waals surface area contributed by atoms with Gasteiger partial charge in [-0.2, -0.15) is 0 Å². The number of carbonyl (C=O) groups is 2. The van der Waals surface area contributed by atoms with E-state index in [2.05, 4.69) is 10.2 Å². The lowest BCUT2D eigenvalue weighted by Crippen LogP contribution is -2.51. The van der Waals surface area contributed by atoms with E-state index in [0.29, 0.717) is 13.0 Å². The summed E-state index contributed by atoms with van der Waals surface area (Å²) >= 11 is 0. The molecule has 2 unspecified atom stereocenters. The van der Waals surface area contributed by atoms with Gasteiger partial charge in [0.1, 0.15) is 0 Å². The predicted octanol–water partition coefficient (Wildman–Crippen LogP) is -0.330. The van der Waals surface area contributed by atoms with E-state index in [4.69, 9.17) is 10.2 Å². The fraction of sp³-hybridized carbons (Fsp3) is 0.833. The van der Waals surface area contributed by atoms with Crippen molar-refractivity contribution in [2.24, 2.45) is 5.92 Å². The van der Waals surface area contributed by atoms with Crippen molar-refractivity contribution in [1.29, 1.82) is 0 Å². The van der Waals surface area contributed by atoms with Gasteiger partial charge in [-0.3, -0.25) is 14.5 Å². The number of likely N-dealkylation sites (tertiary alicyclic amines) is 1. The van der Waals surface area contributed by atoms with Crippen LogP contribution in [0.5, 0.6) is 0 Å². The predicted molar refractivity (Wildman–Crippen MR) is 66.1 cm³/mol. The number of rotatable bonds is 6. The van der Waals surface area contributed by atoms with Crippen molar-refractivity contribution < 1.29 is 19.8 Å². The van der Waals surface area contributed by atoms with Crippen LogP contribution in [0.2, 0.25) is 0 Å². The summed E-state index contributed by atoms with van der Waals surface area (Å²) in [5, 5.41) is 20.5. The molecule has 1 heterocycles. The minimum Gasteiger partial charge on any atom is -0.481 e. The first-order valence-corrected chi connectivity index (χ1v) is 6.33. The summed E-state index contributed by atoms with van der Waals surface area (Å²) in [6, 6.07) is 0.0570. The molecule has 0 aliphatic carbocycles. The molecule has 2 atom stereocenters. The van der Waals surface area contributed by atoms with Gasteiger partial charge in [0, 0.05) is 39.0 Å². The van der Waals surface area contributed by atoms with Crippen LogP contribution in [-0.2, 0) is 9.59 Å². The highest BCUT2D eigenvalue weighted by Gasteiger charge is 2.27. The molecule has 18 heavy (non-hydrogen) atoms. The van der Waals surface area contributed by atoms with Gasteiger partial charge in [-0.05, 0) is 18.8 Å². The monoisotopic (exact) mass is 258 g/mol. The largest absolute Gasteiger partial charge is 0.481 e. The number of aliphatic hydroxyl groups is 1. The van der Waals surface area contributed by atoms with Crippen LogP contribution in [-0.4, -0.2) is 59.3 Å². The number of carboxylic acid groups (broad SMARTS) is 1. The number of β-amino-alcohol motifs (C(OH)–C–C–N with tert-alkyl or cyclic N) is 1. The third-order valence-corrected chi connectivity index (χ3v) is 3.20. The maximum absolute atomic E-state index is 11.1. The molecule has 0 radical (unpaired) electrons. The molecule has 0 aromatic carbocycles. The van der Waals surface area contributed by atoms with Crippen molar-refractivity contribution in [2.45, 2.75) is 32.2 Å².